The summed E-state index contributed by atoms with van der Waals surface area (Å²) in [6, 6.07) is -0.927. The van der Waals surface area contributed by atoms with Crippen LogP contribution in [-0.2, 0) is 22.5 Å². The smallest absolute Gasteiger partial charge is 0.320 e. The van der Waals surface area contributed by atoms with Crippen LogP contribution in [0.4, 0.5) is 0 Å². The van der Waals surface area contributed by atoms with Crippen molar-refractivity contribution in [1.82, 2.24) is 15.0 Å². The molecule has 1 atom stereocenters. The maximum atomic E-state index is 10.5. The molecule has 0 amide bonds. The Labute approximate surface area is 93.2 Å². The third-order valence-electron chi connectivity index (χ3n) is 2.07. The monoisotopic (exact) mass is 228 g/mol. The molecule has 7 nitrogen and oxygen atoms in total. The zero-order chi connectivity index (χ0) is 12.0. The first-order valence-corrected chi connectivity index (χ1v) is 5.00. The lowest BCUT2D eigenvalue weighted by Crippen LogP contribution is -2.32. The molecule has 1 rings (SSSR count). The van der Waals surface area contributed by atoms with E-state index in [1.807, 2.05) is 0 Å². The van der Waals surface area contributed by atoms with Crippen molar-refractivity contribution in [2.45, 2.75) is 25.4 Å². The molecule has 0 fully saturated rings. The van der Waals surface area contributed by atoms with E-state index in [-0.39, 0.29) is 6.42 Å². The number of aliphatic carboxylic acids is 1. The van der Waals surface area contributed by atoms with Crippen LogP contribution in [-0.4, -0.2) is 45.8 Å². The summed E-state index contributed by atoms with van der Waals surface area (Å²) in [5.41, 5.74) is 5.97. The van der Waals surface area contributed by atoms with Crippen LogP contribution in [0.1, 0.15) is 12.1 Å². The van der Waals surface area contributed by atoms with Crippen LogP contribution in [0.2, 0.25) is 0 Å². The van der Waals surface area contributed by atoms with E-state index in [1.54, 1.807) is 18.0 Å². The van der Waals surface area contributed by atoms with Crippen molar-refractivity contribution in [2.75, 3.05) is 13.7 Å². The largest absolute Gasteiger partial charge is 0.480 e. The summed E-state index contributed by atoms with van der Waals surface area (Å²) in [6.07, 6.45) is 2.74. The second-order valence-corrected chi connectivity index (χ2v) is 3.47. The molecule has 0 spiro atoms. The molecular formula is C9H16N4O3. The number of methoxy groups -OCH3 is 1. The Kier molecular flexibility index (Phi) is 4.87. The summed E-state index contributed by atoms with van der Waals surface area (Å²) >= 11 is 0. The molecule has 16 heavy (non-hydrogen) atoms. The Bertz CT molecular complexity index is 339. The molecule has 0 bridgehead atoms. The quantitative estimate of drug-likeness (QED) is 0.596. The van der Waals surface area contributed by atoms with Gasteiger partial charge in [0.15, 0.2) is 0 Å². The highest BCUT2D eigenvalue weighted by Crippen LogP contribution is 1.98. The van der Waals surface area contributed by atoms with E-state index in [2.05, 4.69) is 10.3 Å². The molecule has 0 radical (unpaired) electrons. The number of hydrogen-bond acceptors (Lipinski definition) is 5. The first-order valence-electron chi connectivity index (χ1n) is 5.00. The first-order chi connectivity index (χ1) is 7.63. The molecule has 1 unspecified atom stereocenters. The lowest BCUT2D eigenvalue weighted by Gasteiger charge is -2.01. The fourth-order valence-corrected chi connectivity index (χ4v) is 1.22. The van der Waals surface area contributed by atoms with Crippen molar-refractivity contribution >= 4 is 5.97 Å². The second-order valence-electron chi connectivity index (χ2n) is 3.47. The van der Waals surface area contributed by atoms with Crippen molar-refractivity contribution in [2.24, 2.45) is 5.73 Å². The van der Waals surface area contributed by atoms with E-state index in [0.717, 1.165) is 6.42 Å². The van der Waals surface area contributed by atoms with E-state index < -0.39 is 12.0 Å². The van der Waals surface area contributed by atoms with Gasteiger partial charge in [0.2, 0.25) is 0 Å². The summed E-state index contributed by atoms with van der Waals surface area (Å²) in [5.74, 6) is -1.03. The fraction of sp³-hybridized carbons (Fsp3) is 0.667. The molecule has 0 aliphatic carbocycles. The Morgan fingerprint density at radius 3 is 3.12 bits per heavy atom. The molecular weight excluding hydrogens is 212 g/mol. The standard InChI is InChI=1S/C9H16N4O3/c1-16-4-2-3-13-6-7(11-12-13)5-8(10)9(14)15/h6,8H,2-5,10H2,1H3,(H,14,15). The molecule has 0 saturated carbocycles. The lowest BCUT2D eigenvalue weighted by atomic mass is 10.2. The van der Waals surface area contributed by atoms with Gasteiger partial charge >= 0.3 is 5.97 Å². The number of carbonyl (C=O) groups is 1. The maximum absolute atomic E-state index is 10.5. The SMILES string of the molecule is COCCCn1cc(CC(N)C(=O)O)nn1. The van der Waals surface area contributed by atoms with Crippen molar-refractivity contribution in [3.8, 4) is 0 Å². The summed E-state index contributed by atoms with van der Waals surface area (Å²) < 4.78 is 6.56. The van der Waals surface area contributed by atoms with E-state index in [0.29, 0.717) is 18.8 Å². The minimum absolute atomic E-state index is 0.194. The molecule has 1 aromatic heterocycles. The van der Waals surface area contributed by atoms with Gasteiger partial charge in [-0.3, -0.25) is 9.48 Å². The molecule has 1 aromatic rings. The van der Waals surface area contributed by atoms with Crippen LogP contribution in [0.5, 0.6) is 0 Å². The number of aromatic nitrogens is 3. The minimum atomic E-state index is -1.03. The number of aryl methyl sites for hydroxylation is 1. The van der Waals surface area contributed by atoms with Gasteiger partial charge < -0.3 is 15.6 Å². The highest BCUT2D eigenvalue weighted by Gasteiger charge is 2.14. The van der Waals surface area contributed by atoms with Crippen molar-refractivity contribution in [1.29, 1.82) is 0 Å². The number of carboxylic acid groups (broad SMARTS) is 1. The zero-order valence-corrected chi connectivity index (χ0v) is 9.17. The lowest BCUT2D eigenvalue weighted by molar-refractivity contribution is -0.138. The molecule has 0 saturated heterocycles. The van der Waals surface area contributed by atoms with Crippen LogP contribution in [0, 0.1) is 0 Å². The number of rotatable bonds is 7. The van der Waals surface area contributed by atoms with Crippen LogP contribution in [0.15, 0.2) is 6.20 Å². The first kappa shape index (κ1) is 12.6. The van der Waals surface area contributed by atoms with Gasteiger partial charge in [0.1, 0.15) is 6.04 Å². The molecule has 1 heterocycles. The van der Waals surface area contributed by atoms with E-state index >= 15 is 0 Å². The Morgan fingerprint density at radius 2 is 2.50 bits per heavy atom. The topological polar surface area (TPSA) is 103 Å². The van der Waals surface area contributed by atoms with Gasteiger partial charge in [-0.2, -0.15) is 0 Å². The number of carboxylic acids is 1. The highest BCUT2D eigenvalue weighted by atomic mass is 16.5. The third kappa shape index (κ3) is 3.95. The summed E-state index contributed by atoms with van der Waals surface area (Å²) in [4.78, 5) is 10.5. The van der Waals surface area contributed by atoms with E-state index in [9.17, 15) is 4.79 Å². The van der Waals surface area contributed by atoms with Crippen LogP contribution >= 0.6 is 0 Å². The van der Waals surface area contributed by atoms with E-state index in [1.165, 1.54) is 0 Å². The average molecular weight is 228 g/mol. The molecule has 0 aromatic carbocycles. The minimum Gasteiger partial charge on any atom is -0.480 e. The third-order valence-corrected chi connectivity index (χ3v) is 2.07. The Hall–Kier alpha value is -1.47. The summed E-state index contributed by atoms with van der Waals surface area (Å²) in [5, 5.41) is 16.3. The summed E-state index contributed by atoms with van der Waals surface area (Å²) in [7, 11) is 1.64. The predicted octanol–water partition coefficient (Wildman–Crippen LogP) is -0.731. The number of nitrogens with zero attached hydrogens (tertiary/aromatic N) is 3. The van der Waals surface area contributed by atoms with Gasteiger partial charge in [-0.1, -0.05) is 5.21 Å². The Morgan fingerprint density at radius 1 is 1.75 bits per heavy atom. The van der Waals surface area contributed by atoms with Crippen molar-refractivity contribution < 1.29 is 14.6 Å². The highest BCUT2D eigenvalue weighted by molar-refractivity contribution is 5.73. The van der Waals surface area contributed by atoms with Crippen LogP contribution < -0.4 is 5.73 Å². The predicted molar refractivity (Wildman–Crippen MR) is 55.8 cm³/mol. The van der Waals surface area contributed by atoms with Crippen molar-refractivity contribution in [3.05, 3.63) is 11.9 Å². The molecule has 0 aliphatic heterocycles. The Balaban J connectivity index is 2.42. The van der Waals surface area contributed by atoms with Gasteiger partial charge in [-0.25, -0.2) is 0 Å². The number of hydrogen-bond donors (Lipinski definition) is 2. The molecule has 3 N–H and O–H groups in total. The van der Waals surface area contributed by atoms with Gasteiger partial charge in [0.05, 0.1) is 5.69 Å². The van der Waals surface area contributed by atoms with Gasteiger partial charge in [-0.05, 0) is 6.42 Å². The van der Waals surface area contributed by atoms with Crippen LogP contribution in [0.25, 0.3) is 0 Å². The van der Waals surface area contributed by atoms with Gasteiger partial charge in [0.25, 0.3) is 0 Å². The summed E-state index contributed by atoms with van der Waals surface area (Å²) in [6.45, 7) is 1.35. The van der Waals surface area contributed by atoms with Crippen molar-refractivity contribution in [3.63, 3.8) is 0 Å². The zero-order valence-electron chi connectivity index (χ0n) is 9.17. The van der Waals surface area contributed by atoms with Gasteiger partial charge in [-0.15, -0.1) is 5.10 Å². The molecule has 90 valence electrons. The number of ether oxygens (including phenoxy) is 1. The molecule has 7 heteroatoms. The fourth-order valence-electron chi connectivity index (χ4n) is 1.22. The maximum Gasteiger partial charge on any atom is 0.320 e. The molecule has 0 aliphatic rings. The van der Waals surface area contributed by atoms with E-state index in [4.69, 9.17) is 15.6 Å². The van der Waals surface area contributed by atoms with Gasteiger partial charge in [0, 0.05) is 32.9 Å². The average Bonchev–Trinajstić information content (AvgIpc) is 2.66. The normalized spacial score (nSPS) is 12.6. The second kappa shape index (κ2) is 6.19. The van der Waals surface area contributed by atoms with Crippen LogP contribution in [0.3, 0.4) is 0 Å². The number of nitrogens with two attached hydrogens (primary N) is 1.